The minimum atomic E-state index is -0.471. The lowest BCUT2D eigenvalue weighted by Crippen LogP contribution is -2.31. The Balaban J connectivity index is 1.85. The van der Waals surface area contributed by atoms with E-state index in [9.17, 15) is 9.50 Å². The van der Waals surface area contributed by atoms with Crippen LogP contribution < -0.4 is 0 Å². The van der Waals surface area contributed by atoms with Crippen LogP contribution in [-0.4, -0.2) is 29.2 Å². The van der Waals surface area contributed by atoms with Crippen molar-refractivity contribution < 1.29 is 9.50 Å². The summed E-state index contributed by atoms with van der Waals surface area (Å²) in [5.74, 6) is -0.309. The predicted molar refractivity (Wildman–Crippen MR) is 75.8 cm³/mol. The third kappa shape index (κ3) is 4.16. The Morgan fingerprint density at radius 1 is 1.37 bits per heavy atom. The SMILES string of the molecule is CN(CCC1(O)CCCC1)Cc1ccc(F)cc1Cl. The zero-order chi connectivity index (χ0) is 13.9. The maximum atomic E-state index is 13.0. The van der Waals surface area contributed by atoms with E-state index in [2.05, 4.69) is 4.90 Å². The van der Waals surface area contributed by atoms with Crippen molar-refractivity contribution in [3.05, 3.63) is 34.6 Å². The second kappa shape index (κ2) is 6.21. The van der Waals surface area contributed by atoms with Crippen molar-refractivity contribution in [2.45, 2.75) is 44.2 Å². The molecule has 4 heteroatoms. The highest BCUT2D eigenvalue weighted by Crippen LogP contribution is 2.32. The molecule has 106 valence electrons. The van der Waals surface area contributed by atoms with Crippen molar-refractivity contribution in [3.8, 4) is 0 Å². The molecule has 2 nitrogen and oxygen atoms in total. The Hall–Kier alpha value is -0.640. The van der Waals surface area contributed by atoms with Crippen LogP contribution in [-0.2, 0) is 6.54 Å². The third-order valence-electron chi connectivity index (χ3n) is 3.95. The van der Waals surface area contributed by atoms with Crippen LogP contribution in [0.25, 0.3) is 0 Å². The lowest BCUT2D eigenvalue weighted by atomic mass is 9.98. The summed E-state index contributed by atoms with van der Waals surface area (Å²) < 4.78 is 13.0. The van der Waals surface area contributed by atoms with E-state index in [1.165, 1.54) is 12.1 Å². The van der Waals surface area contributed by atoms with Gasteiger partial charge in [0.2, 0.25) is 0 Å². The highest BCUT2D eigenvalue weighted by molar-refractivity contribution is 6.31. The molecule has 0 saturated heterocycles. The van der Waals surface area contributed by atoms with E-state index in [0.29, 0.717) is 11.6 Å². The molecule has 1 N–H and O–H groups in total. The minimum Gasteiger partial charge on any atom is -0.390 e. The Labute approximate surface area is 119 Å². The second-order valence-corrected chi connectivity index (χ2v) is 6.06. The lowest BCUT2D eigenvalue weighted by Gasteiger charge is -2.26. The molecule has 0 bridgehead atoms. The monoisotopic (exact) mass is 285 g/mol. The maximum Gasteiger partial charge on any atom is 0.124 e. The van der Waals surface area contributed by atoms with Crippen molar-refractivity contribution in [3.63, 3.8) is 0 Å². The molecule has 2 rings (SSSR count). The number of benzene rings is 1. The van der Waals surface area contributed by atoms with E-state index in [-0.39, 0.29) is 5.82 Å². The molecule has 0 amide bonds. The first-order chi connectivity index (χ1) is 8.98. The molecule has 1 aromatic rings. The average Bonchev–Trinajstić information content (AvgIpc) is 2.78. The Morgan fingerprint density at radius 2 is 2.05 bits per heavy atom. The van der Waals surface area contributed by atoms with Crippen LogP contribution in [0.1, 0.15) is 37.7 Å². The third-order valence-corrected chi connectivity index (χ3v) is 4.30. The van der Waals surface area contributed by atoms with Gasteiger partial charge in [0, 0.05) is 18.1 Å². The predicted octanol–water partition coefficient (Wildman–Crippen LogP) is 3.61. The summed E-state index contributed by atoms with van der Waals surface area (Å²) in [5.41, 5.74) is 0.449. The van der Waals surface area contributed by atoms with E-state index >= 15 is 0 Å². The van der Waals surface area contributed by atoms with Crippen LogP contribution in [0.2, 0.25) is 5.02 Å². The molecule has 0 atom stereocenters. The van der Waals surface area contributed by atoms with Gasteiger partial charge in [0.25, 0.3) is 0 Å². The van der Waals surface area contributed by atoms with Crippen molar-refractivity contribution in [1.82, 2.24) is 4.90 Å². The fourth-order valence-electron chi connectivity index (χ4n) is 2.70. The molecule has 0 aromatic heterocycles. The van der Waals surface area contributed by atoms with Gasteiger partial charge in [-0.1, -0.05) is 30.5 Å². The first-order valence-corrected chi connectivity index (χ1v) is 7.21. The second-order valence-electron chi connectivity index (χ2n) is 5.65. The van der Waals surface area contributed by atoms with Crippen LogP contribution in [0.5, 0.6) is 0 Å². The van der Waals surface area contributed by atoms with Gasteiger partial charge in [-0.25, -0.2) is 4.39 Å². The lowest BCUT2D eigenvalue weighted by molar-refractivity contribution is 0.0297. The van der Waals surface area contributed by atoms with Gasteiger partial charge in [0.05, 0.1) is 5.60 Å². The van der Waals surface area contributed by atoms with E-state index < -0.39 is 5.60 Å². The first-order valence-electron chi connectivity index (χ1n) is 6.83. The number of hydrogen-bond donors (Lipinski definition) is 1. The normalized spacial score (nSPS) is 18.2. The Morgan fingerprint density at radius 3 is 2.68 bits per heavy atom. The molecule has 0 radical (unpaired) electrons. The van der Waals surface area contributed by atoms with Crippen molar-refractivity contribution in [2.75, 3.05) is 13.6 Å². The molecule has 0 unspecified atom stereocenters. The molecular formula is C15H21ClFNO. The zero-order valence-electron chi connectivity index (χ0n) is 11.3. The summed E-state index contributed by atoms with van der Waals surface area (Å²) in [7, 11) is 2.00. The van der Waals surface area contributed by atoms with Gasteiger partial charge < -0.3 is 10.0 Å². The molecule has 0 spiro atoms. The molecule has 1 aliphatic carbocycles. The average molecular weight is 286 g/mol. The van der Waals surface area contributed by atoms with Crippen LogP contribution >= 0.6 is 11.6 Å². The topological polar surface area (TPSA) is 23.5 Å². The molecule has 1 aromatic carbocycles. The number of rotatable bonds is 5. The summed E-state index contributed by atoms with van der Waals surface area (Å²) in [6.45, 7) is 1.50. The highest BCUT2D eigenvalue weighted by Gasteiger charge is 2.30. The summed E-state index contributed by atoms with van der Waals surface area (Å²) in [6.07, 6.45) is 4.88. The van der Waals surface area contributed by atoms with Crippen LogP contribution in [0.4, 0.5) is 4.39 Å². The smallest absolute Gasteiger partial charge is 0.124 e. The molecule has 0 aliphatic heterocycles. The fourth-order valence-corrected chi connectivity index (χ4v) is 2.93. The van der Waals surface area contributed by atoms with E-state index in [1.807, 2.05) is 7.05 Å². The summed E-state index contributed by atoms with van der Waals surface area (Å²) >= 11 is 6.01. The number of hydrogen-bond acceptors (Lipinski definition) is 2. The molecule has 0 heterocycles. The van der Waals surface area contributed by atoms with E-state index in [4.69, 9.17) is 11.6 Å². The van der Waals surface area contributed by atoms with Gasteiger partial charge in [-0.05, 0) is 44.0 Å². The largest absolute Gasteiger partial charge is 0.390 e. The number of aliphatic hydroxyl groups is 1. The Bertz CT molecular complexity index is 432. The van der Waals surface area contributed by atoms with Gasteiger partial charge in [-0.2, -0.15) is 0 Å². The van der Waals surface area contributed by atoms with Crippen LogP contribution in [0.3, 0.4) is 0 Å². The standard InChI is InChI=1S/C15H21ClFNO/c1-18(9-8-15(19)6-2-3-7-15)11-12-4-5-13(17)10-14(12)16/h4-5,10,19H,2-3,6-9,11H2,1H3. The molecular weight excluding hydrogens is 265 g/mol. The highest BCUT2D eigenvalue weighted by atomic mass is 35.5. The van der Waals surface area contributed by atoms with Gasteiger partial charge in [0.1, 0.15) is 5.82 Å². The maximum absolute atomic E-state index is 13.0. The van der Waals surface area contributed by atoms with Gasteiger partial charge in [-0.15, -0.1) is 0 Å². The van der Waals surface area contributed by atoms with Crippen LogP contribution in [0.15, 0.2) is 18.2 Å². The number of nitrogens with zero attached hydrogens (tertiary/aromatic N) is 1. The van der Waals surface area contributed by atoms with E-state index in [0.717, 1.165) is 44.2 Å². The zero-order valence-corrected chi connectivity index (χ0v) is 12.1. The molecule has 19 heavy (non-hydrogen) atoms. The fraction of sp³-hybridized carbons (Fsp3) is 0.600. The number of halogens is 2. The van der Waals surface area contributed by atoms with Crippen LogP contribution in [0, 0.1) is 5.82 Å². The Kier molecular flexibility index (Phi) is 4.82. The van der Waals surface area contributed by atoms with Gasteiger partial charge in [0.15, 0.2) is 0 Å². The van der Waals surface area contributed by atoms with Crippen molar-refractivity contribution >= 4 is 11.6 Å². The molecule has 1 fully saturated rings. The summed E-state index contributed by atoms with van der Waals surface area (Å²) in [4.78, 5) is 2.12. The summed E-state index contributed by atoms with van der Waals surface area (Å²) in [5, 5.41) is 10.8. The molecule has 1 saturated carbocycles. The minimum absolute atomic E-state index is 0.309. The quantitative estimate of drug-likeness (QED) is 0.893. The van der Waals surface area contributed by atoms with Crippen molar-refractivity contribution in [2.24, 2.45) is 0 Å². The summed E-state index contributed by atoms with van der Waals surface area (Å²) in [6, 6.07) is 4.49. The van der Waals surface area contributed by atoms with Gasteiger partial charge in [-0.3, -0.25) is 0 Å². The van der Waals surface area contributed by atoms with Crippen molar-refractivity contribution in [1.29, 1.82) is 0 Å². The molecule has 1 aliphatic rings. The van der Waals surface area contributed by atoms with Gasteiger partial charge >= 0.3 is 0 Å². The first kappa shape index (κ1) is 14.8. The van der Waals surface area contributed by atoms with E-state index in [1.54, 1.807) is 6.07 Å².